The molecule has 1 saturated carbocycles. The Morgan fingerprint density at radius 2 is 2.14 bits per heavy atom. The zero-order chi connectivity index (χ0) is 15.7. The molecule has 0 heterocycles. The van der Waals surface area contributed by atoms with Gasteiger partial charge in [-0.1, -0.05) is 0 Å². The fourth-order valence-electron chi connectivity index (χ4n) is 2.03. The number of nitrogen functional groups attached to an aromatic ring is 1. The molecule has 1 aromatic carbocycles. The lowest BCUT2D eigenvalue weighted by atomic mass is 10.2. The molecular formula is C13H18N2O5S. The summed E-state index contributed by atoms with van der Waals surface area (Å²) in [5.74, 6) is 0.236. The van der Waals surface area contributed by atoms with Crippen molar-refractivity contribution in [1.29, 1.82) is 0 Å². The van der Waals surface area contributed by atoms with Gasteiger partial charge in [-0.2, -0.15) is 0 Å². The zero-order valence-corrected chi connectivity index (χ0v) is 12.4. The molecule has 1 aliphatic rings. The van der Waals surface area contributed by atoms with Gasteiger partial charge in [-0.25, -0.2) is 13.2 Å². The Hall–Kier alpha value is -1.96. The van der Waals surface area contributed by atoms with E-state index in [9.17, 15) is 13.2 Å². The van der Waals surface area contributed by atoms with E-state index >= 15 is 0 Å². The number of sulfone groups is 1. The van der Waals surface area contributed by atoms with Gasteiger partial charge in [0, 0.05) is 17.5 Å². The van der Waals surface area contributed by atoms with Crippen molar-refractivity contribution in [2.45, 2.75) is 24.1 Å². The van der Waals surface area contributed by atoms with Gasteiger partial charge in [0.2, 0.25) is 0 Å². The lowest BCUT2D eigenvalue weighted by Gasteiger charge is -2.18. The number of nitrogens with one attached hydrogen (secondary N) is 1. The van der Waals surface area contributed by atoms with Crippen LogP contribution in [0.5, 0.6) is 5.75 Å². The monoisotopic (exact) mass is 314 g/mol. The van der Waals surface area contributed by atoms with Crippen LogP contribution in [0.25, 0.3) is 0 Å². The van der Waals surface area contributed by atoms with Crippen molar-refractivity contribution in [1.82, 2.24) is 5.32 Å². The van der Waals surface area contributed by atoms with Crippen LogP contribution in [0.15, 0.2) is 18.2 Å². The number of carboxylic acid groups (broad SMARTS) is 1. The second kappa shape index (κ2) is 5.44. The molecule has 7 nitrogen and oxygen atoms in total. The largest absolute Gasteiger partial charge is 0.491 e. The summed E-state index contributed by atoms with van der Waals surface area (Å²) in [6.45, 7) is 0.167. The molecule has 8 heteroatoms. The van der Waals surface area contributed by atoms with E-state index in [1.54, 1.807) is 18.2 Å². The molecule has 0 aliphatic heterocycles. The first-order chi connectivity index (χ1) is 9.69. The summed E-state index contributed by atoms with van der Waals surface area (Å²) >= 11 is 0. The molecule has 21 heavy (non-hydrogen) atoms. The molecular weight excluding hydrogens is 296 g/mol. The molecule has 1 aliphatic carbocycles. The van der Waals surface area contributed by atoms with Gasteiger partial charge in [0.15, 0.2) is 9.84 Å². The molecule has 1 fully saturated rings. The van der Waals surface area contributed by atoms with Crippen molar-refractivity contribution in [2.75, 3.05) is 18.6 Å². The fraction of sp³-hybridized carbons (Fsp3) is 0.462. The summed E-state index contributed by atoms with van der Waals surface area (Å²) in [7, 11) is -3.22. The first-order valence-corrected chi connectivity index (χ1v) is 8.45. The number of hydrogen-bond acceptors (Lipinski definition) is 5. The van der Waals surface area contributed by atoms with E-state index in [-0.39, 0.29) is 12.4 Å². The Labute approximate surface area is 123 Å². The van der Waals surface area contributed by atoms with E-state index in [4.69, 9.17) is 15.6 Å². The second-order valence-electron chi connectivity index (χ2n) is 5.44. The van der Waals surface area contributed by atoms with Gasteiger partial charge in [0.05, 0.1) is 11.3 Å². The summed E-state index contributed by atoms with van der Waals surface area (Å²) in [5.41, 5.74) is 6.03. The normalized spacial score (nSPS) is 16.2. The Morgan fingerprint density at radius 3 is 2.67 bits per heavy atom. The summed E-state index contributed by atoms with van der Waals surface area (Å²) in [5, 5.41) is 11.2. The second-order valence-corrected chi connectivity index (χ2v) is 7.58. The van der Waals surface area contributed by atoms with Gasteiger partial charge < -0.3 is 20.9 Å². The molecule has 0 radical (unpaired) electrons. The van der Waals surface area contributed by atoms with E-state index in [0.29, 0.717) is 29.8 Å². The Morgan fingerprint density at radius 1 is 1.48 bits per heavy atom. The van der Waals surface area contributed by atoms with Gasteiger partial charge in [0.1, 0.15) is 12.4 Å². The summed E-state index contributed by atoms with van der Waals surface area (Å²) in [6.07, 6.45) is 1.45. The lowest BCUT2D eigenvalue weighted by Crippen LogP contribution is -2.40. The maximum atomic E-state index is 11.4. The summed E-state index contributed by atoms with van der Waals surface area (Å²) in [4.78, 5) is 10.7. The smallest absolute Gasteiger partial charge is 0.405 e. The molecule has 0 unspecified atom stereocenters. The summed E-state index contributed by atoms with van der Waals surface area (Å²) < 4.78 is 28.5. The zero-order valence-electron chi connectivity index (χ0n) is 11.6. The van der Waals surface area contributed by atoms with Gasteiger partial charge in [-0.3, -0.25) is 0 Å². The molecule has 1 amide bonds. The van der Waals surface area contributed by atoms with Crippen LogP contribution in [0.4, 0.5) is 10.5 Å². The van der Waals surface area contributed by atoms with E-state index in [2.05, 4.69) is 5.32 Å². The van der Waals surface area contributed by atoms with Crippen molar-refractivity contribution in [2.24, 2.45) is 0 Å². The van der Waals surface area contributed by atoms with Crippen LogP contribution < -0.4 is 15.8 Å². The van der Waals surface area contributed by atoms with Crippen LogP contribution >= 0.6 is 0 Å². The van der Waals surface area contributed by atoms with Crippen LogP contribution in [-0.2, 0) is 15.6 Å². The number of benzene rings is 1. The third-order valence-corrected chi connectivity index (χ3v) is 4.07. The first kappa shape index (κ1) is 15.4. The molecule has 0 aromatic heterocycles. The molecule has 0 spiro atoms. The average molecular weight is 314 g/mol. The minimum atomic E-state index is -3.22. The van der Waals surface area contributed by atoms with Crippen molar-refractivity contribution < 1.29 is 23.1 Å². The number of rotatable bonds is 6. The number of anilines is 1. The van der Waals surface area contributed by atoms with Gasteiger partial charge in [-0.15, -0.1) is 0 Å². The van der Waals surface area contributed by atoms with E-state index in [1.165, 1.54) is 0 Å². The number of carbonyl (C=O) groups is 1. The van der Waals surface area contributed by atoms with Crippen LogP contribution in [0.2, 0.25) is 0 Å². The summed E-state index contributed by atoms with van der Waals surface area (Å²) in [6, 6.07) is 4.78. The number of amides is 1. The standard InChI is InChI=1S/C13H18N2O5S/c1-21(18,19)7-9-6-10(14)2-3-11(9)20-8-13(4-5-13)15-12(16)17/h2-3,6,15H,4-5,7-8,14H2,1H3,(H,16,17). The van der Waals surface area contributed by atoms with Crippen molar-refractivity contribution in [3.05, 3.63) is 23.8 Å². The molecule has 2 rings (SSSR count). The minimum absolute atomic E-state index is 0.167. The highest BCUT2D eigenvalue weighted by Crippen LogP contribution is 2.36. The highest BCUT2D eigenvalue weighted by atomic mass is 32.2. The SMILES string of the molecule is CS(=O)(=O)Cc1cc(N)ccc1OCC1(NC(=O)O)CC1. The number of nitrogens with two attached hydrogens (primary N) is 1. The topological polar surface area (TPSA) is 119 Å². The average Bonchev–Trinajstić information content (AvgIpc) is 3.05. The predicted molar refractivity (Wildman–Crippen MR) is 78.0 cm³/mol. The highest BCUT2D eigenvalue weighted by Gasteiger charge is 2.45. The molecule has 4 N–H and O–H groups in total. The molecule has 116 valence electrons. The Bertz CT molecular complexity index is 653. The van der Waals surface area contributed by atoms with Gasteiger partial charge >= 0.3 is 6.09 Å². The van der Waals surface area contributed by atoms with Crippen molar-refractivity contribution >= 4 is 21.6 Å². The van der Waals surface area contributed by atoms with Crippen LogP contribution in [-0.4, -0.2) is 38.0 Å². The van der Waals surface area contributed by atoms with E-state index in [0.717, 1.165) is 6.26 Å². The van der Waals surface area contributed by atoms with E-state index < -0.39 is 21.5 Å². The highest BCUT2D eigenvalue weighted by molar-refractivity contribution is 7.89. The van der Waals surface area contributed by atoms with Gasteiger partial charge in [0.25, 0.3) is 0 Å². The third-order valence-electron chi connectivity index (χ3n) is 3.23. The predicted octanol–water partition coefficient (Wildman–Crippen LogP) is 0.992. The Kier molecular flexibility index (Phi) is 3.99. The molecule has 0 saturated heterocycles. The van der Waals surface area contributed by atoms with Gasteiger partial charge in [-0.05, 0) is 31.0 Å². The number of hydrogen-bond donors (Lipinski definition) is 3. The molecule has 1 aromatic rings. The molecule has 0 bridgehead atoms. The Balaban J connectivity index is 2.11. The maximum absolute atomic E-state index is 11.4. The van der Waals surface area contributed by atoms with Crippen molar-refractivity contribution in [3.63, 3.8) is 0 Å². The minimum Gasteiger partial charge on any atom is -0.491 e. The fourth-order valence-corrected chi connectivity index (χ4v) is 2.83. The van der Waals surface area contributed by atoms with Crippen LogP contribution in [0.3, 0.4) is 0 Å². The maximum Gasteiger partial charge on any atom is 0.405 e. The van der Waals surface area contributed by atoms with Crippen LogP contribution in [0, 0.1) is 0 Å². The molecule has 0 atom stereocenters. The third kappa shape index (κ3) is 4.52. The quantitative estimate of drug-likeness (QED) is 0.674. The van der Waals surface area contributed by atoms with E-state index in [1.807, 2.05) is 0 Å². The lowest BCUT2D eigenvalue weighted by molar-refractivity contribution is 0.177. The van der Waals surface area contributed by atoms with Crippen molar-refractivity contribution in [3.8, 4) is 5.75 Å². The van der Waals surface area contributed by atoms with Crippen LogP contribution in [0.1, 0.15) is 18.4 Å². The number of ether oxygens (including phenoxy) is 1. The first-order valence-electron chi connectivity index (χ1n) is 6.39.